The van der Waals surface area contributed by atoms with Gasteiger partial charge in [0, 0.05) is 12.5 Å². The highest BCUT2D eigenvalue weighted by Crippen LogP contribution is 2.27. The number of hydrogen-bond acceptors (Lipinski definition) is 8. The van der Waals surface area contributed by atoms with Crippen LogP contribution < -0.4 is 4.74 Å². The Morgan fingerprint density at radius 1 is 0.972 bits per heavy atom. The second-order valence-electron chi connectivity index (χ2n) is 8.36. The van der Waals surface area contributed by atoms with E-state index in [1.54, 1.807) is 49.4 Å². The van der Waals surface area contributed by atoms with Gasteiger partial charge in [-0.25, -0.2) is 8.42 Å². The highest BCUT2D eigenvalue weighted by atomic mass is 32.2. The smallest absolute Gasteiger partial charge is 0.244 e. The van der Waals surface area contributed by atoms with E-state index in [9.17, 15) is 18.0 Å². The standard InChI is InChI=1S/C25H22N4O6S/c1-16-26-25(27-35-16)19-5-3-4-17(10-19)13-29-23(30)14-28(15-24(29)31)36(32,33)22-9-7-18-6-8-21(34-2)11-20(18)12-22/h3-12H,13-15H2,1-2H3. The van der Waals surface area contributed by atoms with Gasteiger partial charge in [0.15, 0.2) is 0 Å². The van der Waals surface area contributed by atoms with Crippen LogP contribution in [0, 0.1) is 6.92 Å². The molecule has 36 heavy (non-hydrogen) atoms. The summed E-state index contributed by atoms with van der Waals surface area (Å²) in [6.45, 7) is 0.813. The molecule has 0 radical (unpaired) electrons. The Bertz CT molecular complexity index is 1580. The Morgan fingerprint density at radius 2 is 1.72 bits per heavy atom. The first kappa shape index (κ1) is 23.6. The topological polar surface area (TPSA) is 123 Å². The third-order valence-electron chi connectivity index (χ3n) is 5.94. The van der Waals surface area contributed by atoms with Gasteiger partial charge in [-0.05, 0) is 46.7 Å². The minimum atomic E-state index is -4.08. The van der Waals surface area contributed by atoms with Crippen molar-refractivity contribution in [3.63, 3.8) is 0 Å². The van der Waals surface area contributed by atoms with Gasteiger partial charge < -0.3 is 9.26 Å². The number of fused-ring (bicyclic) bond motifs is 1. The summed E-state index contributed by atoms with van der Waals surface area (Å²) in [5.41, 5.74) is 1.36. The van der Waals surface area contributed by atoms with E-state index in [-0.39, 0.29) is 11.4 Å². The molecule has 0 bridgehead atoms. The third-order valence-corrected chi connectivity index (χ3v) is 7.72. The van der Waals surface area contributed by atoms with Gasteiger partial charge in [0.1, 0.15) is 5.75 Å². The molecule has 1 fully saturated rings. The minimum Gasteiger partial charge on any atom is -0.497 e. The highest BCUT2D eigenvalue weighted by molar-refractivity contribution is 7.89. The van der Waals surface area contributed by atoms with Crippen molar-refractivity contribution < 1.29 is 27.3 Å². The lowest BCUT2D eigenvalue weighted by Gasteiger charge is -2.32. The maximum Gasteiger partial charge on any atom is 0.244 e. The first-order valence-electron chi connectivity index (χ1n) is 11.1. The van der Waals surface area contributed by atoms with Crippen LogP contribution in [0.2, 0.25) is 0 Å². The molecular formula is C25H22N4O6S. The van der Waals surface area contributed by atoms with Gasteiger partial charge in [0.05, 0.1) is 31.6 Å². The number of sulfonamides is 1. The zero-order valence-corrected chi connectivity index (χ0v) is 20.4. The molecule has 1 aliphatic rings. The molecule has 0 unspecified atom stereocenters. The van der Waals surface area contributed by atoms with Crippen LogP contribution in [0.15, 0.2) is 70.1 Å². The summed E-state index contributed by atoms with van der Waals surface area (Å²) in [5, 5.41) is 5.39. The number of methoxy groups -OCH3 is 1. The SMILES string of the molecule is COc1ccc2ccc(S(=O)(=O)N3CC(=O)N(Cc4cccc(-c5noc(C)n5)c4)C(=O)C3)cc2c1. The lowest BCUT2D eigenvalue weighted by atomic mass is 10.1. The molecule has 184 valence electrons. The molecule has 0 N–H and O–H groups in total. The molecule has 0 spiro atoms. The zero-order valence-electron chi connectivity index (χ0n) is 19.5. The number of rotatable bonds is 6. The van der Waals surface area contributed by atoms with E-state index >= 15 is 0 Å². The van der Waals surface area contributed by atoms with Crippen LogP contribution in [-0.4, -0.2) is 59.8 Å². The van der Waals surface area contributed by atoms with Crippen molar-refractivity contribution >= 4 is 32.6 Å². The van der Waals surface area contributed by atoms with Gasteiger partial charge in [-0.1, -0.05) is 35.5 Å². The summed E-state index contributed by atoms with van der Waals surface area (Å²) in [6.07, 6.45) is 0. The third kappa shape index (κ3) is 4.45. The molecule has 4 aromatic rings. The second kappa shape index (κ2) is 9.17. The van der Waals surface area contributed by atoms with Crippen LogP contribution in [0.4, 0.5) is 0 Å². The quantitative estimate of drug-likeness (QED) is 0.366. The van der Waals surface area contributed by atoms with Crippen molar-refractivity contribution in [2.75, 3.05) is 20.2 Å². The molecule has 11 heteroatoms. The first-order valence-corrected chi connectivity index (χ1v) is 12.5. The average Bonchev–Trinajstić information content (AvgIpc) is 3.31. The van der Waals surface area contributed by atoms with Crippen LogP contribution in [-0.2, 0) is 26.2 Å². The fourth-order valence-electron chi connectivity index (χ4n) is 4.06. The number of carbonyl (C=O) groups is 2. The van der Waals surface area contributed by atoms with E-state index in [0.717, 1.165) is 14.6 Å². The van der Waals surface area contributed by atoms with Gasteiger partial charge >= 0.3 is 0 Å². The fourth-order valence-corrected chi connectivity index (χ4v) is 5.44. The van der Waals surface area contributed by atoms with Crippen LogP contribution in [0.3, 0.4) is 0 Å². The Hall–Kier alpha value is -4.09. The van der Waals surface area contributed by atoms with E-state index in [1.165, 1.54) is 19.2 Å². The van der Waals surface area contributed by atoms with Gasteiger partial charge in [-0.3, -0.25) is 14.5 Å². The predicted molar refractivity (Wildman–Crippen MR) is 129 cm³/mol. The number of aryl methyl sites for hydroxylation is 1. The zero-order chi connectivity index (χ0) is 25.4. The van der Waals surface area contributed by atoms with E-state index in [1.807, 2.05) is 6.07 Å². The van der Waals surface area contributed by atoms with Gasteiger partial charge in [0.2, 0.25) is 33.6 Å². The van der Waals surface area contributed by atoms with E-state index in [4.69, 9.17) is 9.26 Å². The molecular weight excluding hydrogens is 484 g/mol. The number of piperazine rings is 1. The molecule has 0 atom stereocenters. The predicted octanol–water partition coefficient (Wildman–Crippen LogP) is 2.77. The van der Waals surface area contributed by atoms with Crippen LogP contribution in [0.5, 0.6) is 5.75 Å². The Morgan fingerprint density at radius 3 is 2.42 bits per heavy atom. The summed E-state index contributed by atoms with van der Waals surface area (Å²) in [6, 6.07) is 17.1. The molecule has 1 aromatic heterocycles. The maximum absolute atomic E-state index is 13.3. The highest BCUT2D eigenvalue weighted by Gasteiger charge is 2.38. The number of aromatic nitrogens is 2. The molecule has 10 nitrogen and oxygen atoms in total. The largest absolute Gasteiger partial charge is 0.497 e. The molecule has 2 heterocycles. The van der Waals surface area contributed by atoms with E-state index < -0.39 is 34.9 Å². The monoisotopic (exact) mass is 506 g/mol. The summed E-state index contributed by atoms with van der Waals surface area (Å²) < 4.78 is 37.7. The van der Waals surface area contributed by atoms with Crippen LogP contribution in [0.25, 0.3) is 22.2 Å². The molecule has 0 aliphatic carbocycles. The summed E-state index contributed by atoms with van der Waals surface area (Å²) in [4.78, 5) is 31.0. The molecule has 2 amide bonds. The molecule has 5 rings (SSSR count). The van der Waals surface area contributed by atoms with Crippen LogP contribution in [0.1, 0.15) is 11.5 Å². The van der Waals surface area contributed by atoms with Crippen molar-refractivity contribution in [3.8, 4) is 17.1 Å². The summed E-state index contributed by atoms with van der Waals surface area (Å²) in [5.74, 6) is 0.213. The number of ether oxygens (including phenoxy) is 1. The van der Waals surface area contributed by atoms with Crippen molar-refractivity contribution in [1.29, 1.82) is 0 Å². The normalized spacial score (nSPS) is 15.0. The molecule has 1 saturated heterocycles. The maximum atomic E-state index is 13.3. The average molecular weight is 507 g/mol. The number of carbonyl (C=O) groups excluding carboxylic acids is 2. The summed E-state index contributed by atoms with van der Waals surface area (Å²) in [7, 11) is -2.55. The molecule has 1 aliphatic heterocycles. The number of amides is 2. The number of benzene rings is 3. The van der Waals surface area contributed by atoms with E-state index in [2.05, 4.69) is 10.1 Å². The Kier molecular flexibility index (Phi) is 6.02. The number of imide groups is 1. The Labute approximate surface area is 207 Å². The summed E-state index contributed by atoms with van der Waals surface area (Å²) >= 11 is 0. The van der Waals surface area contributed by atoms with Crippen molar-refractivity contribution in [1.82, 2.24) is 19.3 Å². The lowest BCUT2D eigenvalue weighted by molar-refractivity contribution is -0.149. The van der Waals surface area contributed by atoms with Gasteiger partial charge in [0.25, 0.3) is 0 Å². The first-order chi connectivity index (χ1) is 17.2. The van der Waals surface area contributed by atoms with Crippen LogP contribution >= 0.6 is 0 Å². The number of nitrogens with zero attached hydrogens (tertiary/aromatic N) is 4. The van der Waals surface area contributed by atoms with E-state index in [0.29, 0.717) is 34.0 Å². The van der Waals surface area contributed by atoms with Crippen molar-refractivity contribution in [3.05, 3.63) is 72.1 Å². The van der Waals surface area contributed by atoms with Crippen molar-refractivity contribution in [2.24, 2.45) is 0 Å². The minimum absolute atomic E-state index is 0.000379. The lowest BCUT2D eigenvalue weighted by Crippen LogP contribution is -2.54. The fraction of sp³-hybridized carbons (Fsp3) is 0.200. The van der Waals surface area contributed by atoms with Gasteiger partial charge in [-0.2, -0.15) is 9.29 Å². The van der Waals surface area contributed by atoms with Crippen molar-refractivity contribution in [2.45, 2.75) is 18.4 Å². The number of hydrogen-bond donors (Lipinski definition) is 0. The molecule has 3 aromatic carbocycles. The second-order valence-corrected chi connectivity index (χ2v) is 10.3. The molecule has 0 saturated carbocycles. The van der Waals surface area contributed by atoms with Gasteiger partial charge in [-0.15, -0.1) is 0 Å². The Balaban J connectivity index is 1.35.